The first kappa shape index (κ1) is 24.4. The van der Waals surface area contributed by atoms with Crippen molar-refractivity contribution in [1.29, 1.82) is 0 Å². The average molecular weight is 410 g/mol. The minimum absolute atomic E-state index is 0.230. The number of nitrogens with one attached hydrogen (secondary N) is 1. The zero-order valence-electron chi connectivity index (χ0n) is 18.3. The summed E-state index contributed by atoms with van der Waals surface area (Å²) in [6.45, 7) is 15.2. The summed E-state index contributed by atoms with van der Waals surface area (Å²) >= 11 is 0. The monoisotopic (exact) mass is 409 g/mol. The molecule has 0 heterocycles. The normalized spacial score (nSPS) is 15.2. The lowest BCUT2D eigenvalue weighted by molar-refractivity contribution is -0.140. The fraction of sp³-hybridized carbons (Fsp3) is 0.591. The number of hydrogen-bond acceptors (Lipinski definition) is 3. The van der Waals surface area contributed by atoms with Crippen LogP contribution < -0.4 is 4.72 Å². The van der Waals surface area contributed by atoms with E-state index in [2.05, 4.69) is 4.72 Å². The molecule has 0 aromatic heterocycles. The Hall–Kier alpha value is -1.66. The molecule has 0 saturated carbocycles. The van der Waals surface area contributed by atoms with Crippen molar-refractivity contribution in [2.24, 2.45) is 17.3 Å². The van der Waals surface area contributed by atoms with Crippen molar-refractivity contribution < 1.29 is 18.3 Å². The second-order valence-corrected chi connectivity index (χ2v) is 10.8. The van der Waals surface area contributed by atoms with E-state index in [0.717, 1.165) is 5.56 Å². The van der Waals surface area contributed by atoms with Crippen molar-refractivity contribution in [3.63, 3.8) is 0 Å². The van der Waals surface area contributed by atoms with Gasteiger partial charge in [0.05, 0.1) is 10.8 Å². The first-order valence-corrected chi connectivity index (χ1v) is 11.1. The summed E-state index contributed by atoms with van der Waals surface area (Å²) in [5.41, 5.74) is 1.99. The molecule has 6 heteroatoms. The van der Waals surface area contributed by atoms with Gasteiger partial charge in [0.25, 0.3) is 0 Å². The molecule has 1 aromatic carbocycles. The molecule has 5 nitrogen and oxygen atoms in total. The van der Waals surface area contributed by atoms with Crippen LogP contribution in [0.3, 0.4) is 0 Å². The Balaban J connectivity index is 3.27. The molecule has 0 spiro atoms. The van der Waals surface area contributed by atoms with Crippen LogP contribution >= 0.6 is 0 Å². The number of carbonyl (C=O) groups is 1. The van der Waals surface area contributed by atoms with Crippen molar-refractivity contribution in [2.45, 2.75) is 72.7 Å². The molecule has 2 atom stereocenters. The Morgan fingerprint density at radius 3 is 2.00 bits per heavy atom. The second kappa shape index (κ2) is 9.23. The van der Waals surface area contributed by atoms with Crippen LogP contribution in [0.5, 0.6) is 0 Å². The van der Waals surface area contributed by atoms with Crippen LogP contribution in [0.2, 0.25) is 0 Å². The molecule has 0 saturated heterocycles. The van der Waals surface area contributed by atoms with Crippen LogP contribution in [0.1, 0.15) is 57.7 Å². The standard InChI is InChI=1S/C22H35NO4S/c1-14(2)11-18(21(24)25)9-10-19(22(6,7)8)23-28(26,27)20-16(4)12-15(3)13-17(20)5/h9-10,12-14,18-19,23H,11H2,1-8H3,(H,24,25)/b10-9+/t18-,19?/m0/s1. The highest BCUT2D eigenvalue weighted by Gasteiger charge is 2.30. The van der Waals surface area contributed by atoms with Crippen molar-refractivity contribution in [1.82, 2.24) is 4.72 Å². The predicted molar refractivity (Wildman–Crippen MR) is 114 cm³/mol. The number of benzene rings is 1. The lowest BCUT2D eigenvalue weighted by Gasteiger charge is -2.30. The van der Waals surface area contributed by atoms with Crippen molar-refractivity contribution in [3.05, 3.63) is 41.0 Å². The summed E-state index contributed by atoms with van der Waals surface area (Å²) in [5.74, 6) is -1.31. The zero-order valence-corrected chi connectivity index (χ0v) is 19.1. The van der Waals surface area contributed by atoms with Crippen LogP contribution in [0.15, 0.2) is 29.2 Å². The number of hydrogen-bond donors (Lipinski definition) is 2. The van der Waals surface area contributed by atoms with E-state index >= 15 is 0 Å². The van der Waals surface area contributed by atoms with Crippen LogP contribution in [-0.2, 0) is 14.8 Å². The van der Waals surface area contributed by atoms with E-state index < -0.39 is 33.4 Å². The third kappa shape index (κ3) is 6.74. The van der Waals surface area contributed by atoms with E-state index in [0.29, 0.717) is 17.5 Å². The molecule has 2 N–H and O–H groups in total. The highest BCUT2D eigenvalue weighted by molar-refractivity contribution is 7.89. The average Bonchev–Trinajstić information content (AvgIpc) is 2.46. The maximum Gasteiger partial charge on any atom is 0.310 e. The minimum atomic E-state index is -3.76. The summed E-state index contributed by atoms with van der Waals surface area (Å²) < 4.78 is 29.1. The molecule has 28 heavy (non-hydrogen) atoms. The molecule has 0 radical (unpaired) electrons. The molecule has 158 valence electrons. The number of carboxylic acid groups (broad SMARTS) is 1. The molecular formula is C22H35NO4S. The Morgan fingerprint density at radius 1 is 1.11 bits per heavy atom. The smallest absolute Gasteiger partial charge is 0.310 e. The number of sulfonamides is 1. The quantitative estimate of drug-likeness (QED) is 0.614. The van der Waals surface area contributed by atoms with Gasteiger partial charge in [-0.15, -0.1) is 0 Å². The van der Waals surface area contributed by atoms with E-state index in [1.807, 2.05) is 53.7 Å². The van der Waals surface area contributed by atoms with Crippen molar-refractivity contribution in [2.75, 3.05) is 0 Å². The molecule has 0 bridgehead atoms. The van der Waals surface area contributed by atoms with E-state index in [4.69, 9.17) is 0 Å². The SMILES string of the molecule is Cc1cc(C)c(S(=O)(=O)NC(/C=C/[C@@H](CC(C)C)C(=O)O)C(C)(C)C)c(C)c1. The first-order valence-electron chi connectivity index (χ1n) is 9.66. The largest absolute Gasteiger partial charge is 0.481 e. The molecule has 0 aliphatic heterocycles. The van der Waals surface area contributed by atoms with Gasteiger partial charge in [0.2, 0.25) is 10.0 Å². The molecule has 0 amide bonds. The Kier molecular flexibility index (Phi) is 8.03. The maximum absolute atomic E-state index is 13.1. The van der Waals surface area contributed by atoms with E-state index in [-0.39, 0.29) is 10.8 Å². The summed E-state index contributed by atoms with van der Waals surface area (Å²) in [7, 11) is -3.76. The lowest BCUT2D eigenvalue weighted by Crippen LogP contribution is -2.42. The second-order valence-electron chi connectivity index (χ2n) is 9.15. The van der Waals surface area contributed by atoms with Crippen LogP contribution in [0.25, 0.3) is 0 Å². The molecule has 0 aliphatic carbocycles. The zero-order chi connectivity index (χ0) is 21.9. The van der Waals surface area contributed by atoms with Gasteiger partial charge in [-0.1, -0.05) is 64.5 Å². The Labute approximate surface area is 170 Å². The molecule has 1 unspecified atom stereocenters. The van der Waals surface area contributed by atoms with E-state index in [1.54, 1.807) is 26.0 Å². The van der Waals surface area contributed by atoms with Gasteiger partial charge in [-0.05, 0) is 49.7 Å². The van der Waals surface area contributed by atoms with Crippen molar-refractivity contribution in [3.8, 4) is 0 Å². The first-order chi connectivity index (χ1) is 12.6. The van der Waals surface area contributed by atoms with E-state index in [9.17, 15) is 18.3 Å². The molecule has 1 aromatic rings. The molecular weight excluding hydrogens is 374 g/mol. The van der Waals surface area contributed by atoms with Crippen LogP contribution in [0, 0.1) is 38.0 Å². The van der Waals surface area contributed by atoms with Gasteiger partial charge in [0, 0.05) is 6.04 Å². The third-order valence-electron chi connectivity index (χ3n) is 4.67. The van der Waals surface area contributed by atoms with Gasteiger partial charge in [0.15, 0.2) is 0 Å². The number of rotatable bonds is 8. The molecule has 0 aliphatic rings. The Morgan fingerprint density at radius 2 is 1.61 bits per heavy atom. The third-order valence-corrected chi connectivity index (χ3v) is 6.41. The number of aliphatic carboxylic acids is 1. The lowest BCUT2D eigenvalue weighted by atomic mass is 9.86. The van der Waals surface area contributed by atoms with Gasteiger partial charge in [-0.25, -0.2) is 13.1 Å². The molecule has 1 rings (SSSR count). The molecule has 0 fully saturated rings. The fourth-order valence-corrected chi connectivity index (χ4v) is 5.19. The topological polar surface area (TPSA) is 83.5 Å². The highest BCUT2D eigenvalue weighted by atomic mass is 32.2. The van der Waals surface area contributed by atoms with Gasteiger partial charge in [-0.2, -0.15) is 0 Å². The summed E-state index contributed by atoms with van der Waals surface area (Å²) in [5, 5.41) is 9.46. The van der Waals surface area contributed by atoms with Crippen LogP contribution in [0.4, 0.5) is 0 Å². The van der Waals surface area contributed by atoms with E-state index in [1.165, 1.54) is 0 Å². The van der Waals surface area contributed by atoms with Crippen molar-refractivity contribution >= 4 is 16.0 Å². The van der Waals surface area contributed by atoms with Gasteiger partial charge < -0.3 is 5.11 Å². The predicted octanol–water partition coefficient (Wildman–Crippen LogP) is 4.61. The minimum Gasteiger partial charge on any atom is -0.481 e. The highest BCUT2D eigenvalue weighted by Crippen LogP contribution is 2.27. The van der Waals surface area contributed by atoms with Gasteiger partial charge >= 0.3 is 5.97 Å². The van der Waals surface area contributed by atoms with Crippen LogP contribution in [-0.4, -0.2) is 25.5 Å². The summed E-state index contributed by atoms with van der Waals surface area (Å²) in [6, 6.07) is 3.17. The number of aryl methyl sites for hydroxylation is 3. The number of carboxylic acids is 1. The Bertz CT molecular complexity index is 810. The summed E-state index contributed by atoms with van der Waals surface area (Å²) in [4.78, 5) is 11.8. The van der Waals surface area contributed by atoms with Gasteiger partial charge in [-0.3, -0.25) is 4.79 Å². The maximum atomic E-state index is 13.1. The van der Waals surface area contributed by atoms with Gasteiger partial charge in [0.1, 0.15) is 0 Å². The summed E-state index contributed by atoms with van der Waals surface area (Å²) in [6.07, 6.45) is 3.82. The fourth-order valence-electron chi connectivity index (χ4n) is 3.34.